The van der Waals surface area contributed by atoms with Gasteiger partial charge in [0.25, 0.3) is 0 Å². The Morgan fingerprint density at radius 1 is 1.45 bits per heavy atom. The second-order valence-corrected chi connectivity index (χ2v) is 3.30. The average molecular weight is 158 g/mol. The molecule has 0 bridgehead atoms. The maximum absolute atomic E-state index is 10.6. The van der Waals surface area contributed by atoms with Crippen molar-refractivity contribution in [1.82, 2.24) is 0 Å². The van der Waals surface area contributed by atoms with Crippen LogP contribution in [0.1, 0.15) is 20.8 Å². The predicted molar refractivity (Wildman–Crippen MR) is 42.2 cm³/mol. The third-order valence-electron chi connectivity index (χ3n) is 1.22. The molecule has 64 valence electrons. The quantitative estimate of drug-likeness (QED) is 0.358. The number of carbonyl (C=O) groups excluding carboxylic acids is 1. The first-order valence-corrected chi connectivity index (χ1v) is 3.37. The van der Waals surface area contributed by atoms with E-state index < -0.39 is 11.4 Å². The van der Waals surface area contributed by atoms with Gasteiger partial charge in [-0.2, -0.15) is 0 Å². The van der Waals surface area contributed by atoms with E-state index in [0.29, 0.717) is 0 Å². The Bertz CT molecular complexity index is 174. The van der Waals surface area contributed by atoms with Crippen molar-refractivity contribution >= 4 is 5.97 Å². The van der Waals surface area contributed by atoms with Crippen molar-refractivity contribution in [2.75, 3.05) is 7.11 Å². The smallest absolute Gasteiger partial charge is 0.333 e. The van der Waals surface area contributed by atoms with Gasteiger partial charge in [-0.1, -0.05) is 20.8 Å². The van der Waals surface area contributed by atoms with Gasteiger partial charge in [-0.3, -0.25) is 0 Å². The van der Waals surface area contributed by atoms with Gasteiger partial charge in [-0.05, 0) is 0 Å². The Morgan fingerprint density at radius 2 is 1.91 bits per heavy atom. The molecule has 0 radical (unpaired) electrons. The zero-order chi connectivity index (χ0) is 9.07. The second-order valence-electron chi connectivity index (χ2n) is 3.30. The highest BCUT2D eigenvalue weighted by Gasteiger charge is 2.16. The van der Waals surface area contributed by atoms with Crippen LogP contribution >= 0.6 is 0 Å². The summed E-state index contributed by atoms with van der Waals surface area (Å²) in [6.45, 7) is 5.42. The van der Waals surface area contributed by atoms with E-state index in [1.165, 1.54) is 7.11 Å². The zero-order valence-corrected chi connectivity index (χ0v) is 7.34. The molecule has 0 aliphatic carbocycles. The summed E-state index contributed by atoms with van der Waals surface area (Å²) in [4.78, 5) is 10.6. The maximum Gasteiger partial charge on any atom is 0.333 e. The molecule has 0 aromatic rings. The van der Waals surface area contributed by atoms with Crippen molar-refractivity contribution in [3.05, 3.63) is 11.8 Å². The molecule has 0 aromatic heterocycles. The van der Waals surface area contributed by atoms with Crippen LogP contribution in [-0.2, 0) is 9.53 Å². The number of methoxy groups -OCH3 is 1. The molecule has 0 heterocycles. The SMILES string of the molecule is COC(=O)/C=C(\O)C(C)(C)C. The lowest BCUT2D eigenvalue weighted by Crippen LogP contribution is -2.11. The maximum atomic E-state index is 10.6. The first kappa shape index (κ1) is 10.0. The fourth-order valence-electron chi connectivity index (χ4n) is 0.387. The van der Waals surface area contributed by atoms with Gasteiger partial charge in [-0.15, -0.1) is 0 Å². The van der Waals surface area contributed by atoms with Crippen molar-refractivity contribution < 1.29 is 14.6 Å². The number of hydrogen-bond donors (Lipinski definition) is 1. The lowest BCUT2D eigenvalue weighted by Gasteiger charge is -2.16. The molecule has 0 aliphatic rings. The summed E-state index contributed by atoms with van der Waals surface area (Å²) < 4.78 is 4.34. The molecule has 0 atom stereocenters. The molecule has 3 nitrogen and oxygen atoms in total. The highest BCUT2D eigenvalue weighted by Crippen LogP contribution is 2.21. The summed E-state index contributed by atoms with van der Waals surface area (Å²) in [6.07, 6.45) is 1.08. The highest BCUT2D eigenvalue weighted by atomic mass is 16.5. The van der Waals surface area contributed by atoms with Gasteiger partial charge in [-0.25, -0.2) is 4.79 Å². The van der Waals surface area contributed by atoms with Gasteiger partial charge in [0.1, 0.15) is 5.76 Å². The van der Waals surface area contributed by atoms with Crippen LogP contribution in [0, 0.1) is 5.41 Å². The summed E-state index contributed by atoms with van der Waals surface area (Å²) in [5, 5.41) is 9.25. The number of ether oxygens (including phenoxy) is 1. The minimum atomic E-state index is -0.530. The first-order chi connectivity index (χ1) is 4.88. The molecule has 0 unspecified atom stereocenters. The Morgan fingerprint density at radius 3 is 2.18 bits per heavy atom. The van der Waals surface area contributed by atoms with Gasteiger partial charge in [0, 0.05) is 5.41 Å². The van der Waals surface area contributed by atoms with Crippen LogP contribution in [0.5, 0.6) is 0 Å². The molecule has 0 saturated carbocycles. The van der Waals surface area contributed by atoms with Gasteiger partial charge in [0.2, 0.25) is 0 Å². The molecule has 0 fully saturated rings. The van der Waals surface area contributed by atoms with E-state index in [9.17, 15) is 9.90 Å². The van der Waals surface area contributed by atoms with Crippen LogP contribution in [0.3, 0.4) is 0 Å². The summed E-state index contributed by atoms with van der Waals surface area (Å²) in [7, 11) is 1.27. The number of allylic oxidation sites excluding steroid dienone is 1. The highest BCUT2D eigenvalue weighted by molar-refractivity contribution is 5.82. The van der Waals surface area contributed by atoms with Crippen molar-refractivity contribution in [1.29, 1.82) is 0 Å². The lowest BCUT2D eigenvalue weighted by molar-refractivity contribution is -0.135. The van der Waals surface area contributed by atoms with E-state index >= 15 is 0 Å². The molecule has 0 aromatic carbocycles. The van der Waals surface area contributed by atoms with Gasteiger partial charge < -0.3 is 9.84 Å². The molecule has 0 amide bonds. The van der Waals surface area contributed by atoms with Crippen molar-refractivity contribution in [3.63, 3.8) is 0 Å². The normalized spacial score (nSPS) is 12.9. The largest absolute Gasteiger partial charge is 0.511 e. The molecular weight excluding hydrogens is 144 g/mol. The summed E-state index contributed by atoms with van der Waals surface area (Å²) >= 11 is 0. The first-order valence-electron chi connectivity index (χ1n) is 3.37. The summed E-state index contributed by atoms with van der Waals surface area (Å²) in [5.41, 5.74) is -0.395. The number of esters is 1. The minimum Gasteiger partial charge on any atom is -0.511 e. The molecule has 3 heteroatoms. The molecular formula is C8H14O3. The zero-order valence-electron chi connectivity index (χ0n) is 7.34. The fourth-order valence-corrected chi connectivity index (χ4v) is 0.387. The summed E-state index contributed by atoms with van der Waals surface area (Å²) in [5.74, 6) is -0.498. The van der Waals surface area contributed by atoms with Crippen LogP contribution in [0.2, 0.25) is 0 Å². The van der Waals surface area contributed by atoms with Gasteiger partial charge in [0.05, 0.1) is 13.2 Å². The second kappa shape index (κ2) is 3.42. The number of rotatable bonds is 1. The minimum absolute atomic E-state index is 0.0318. The van der Waals surface area contributed by atoms with Crippen LogP contribution in [0.4, 0.5) is 0 Å². The molecule has 0 saturated heterocycles. The Hall–Kier alpha value is -0.990. The monoisotopic (exact) mass is 158 g/mol. The number of aliphatic hydroxyl groups is 1. The van der Waals surface area contributed by atoms with E-state index in [0.717, 1.165) is 6.08 Å². The summed E-state index contributed by atoms with van der Waals surface area (Å²) in [6, 6.07) is 0. The van der Waals surface area contributed by atoms with Crippen LogP contribution in [-0.4, -0.2) is 18.2 Å². The van der Waals surface area contributed by atoms with Crippen molar-refractivity contribution in [2.24, 2.45) is 5.41 Å². The molecule has 0 aliphatic heterocycles. The predicted octanol–water partition coefficient (Wildman–Crippen LogP) is 1.65. The van der Waals surface area contributed by atoms with E-state index in [2.05, 4.69) is 4.74 Å². The van der Waals surface area contributed by atoms with E-state index in [1.807, 2.05) is 20.8 Å². The van der Waals surface area contributed by atoms with E-state index in [1.54, 1.807) is 0 Å². The average Bonchev–Trinajstić information content (AvgIpc) is 1.85. The Labute approximate surface area is 66.7 Å². The topological polar surface area (TPSA) is 46.5 Å². The standard InChI is InChI=1S/C8H14O3/c1-8(2,3)6(9)5-7(10)11-4/h5,9H,1-4H3/b6-5-. The molecule has 0 rings (SSSR count). The van der Waals surface area contributed by atoms with E-state index in [4.69, 9.17) is 0 Å². The number of carbonyl (C=O) groups is 1. The van der Waals surface area contributed by atoms with Crippen LogP contribution < -0.4 is 0 Å². The van der Waals surface area contributed by atoms with Crippen LogP contribution in [0.25, 0.3) is 0 Å². The fraction of sp³-hybridized carbons (Fsp3) is 0.625. The Kier molecular flexibility index (Phi) is 3.11. The molecule has 0 spiro atoms. The molecule has 11 heavy (non-hydrogen) atoms. The number of aliphatic hydroxyl groups excluding tert-OH is 1. The van der Waals surface area contributed by atoms with Gasteiger partial charge in [0.15, 0.2) is 0 Å². The Balaban J connectivity index is 4.35. The van der Waals surface area contributed by atoms with E-state index in [-0.39, 0.29) is 5.76 Å². The van der Waals surface area contributed by atoms with Crippen molar-refractivity contribution in [2.45, 2.75) is 20.8 Å². The van der Waals surface area contributed by atoms with Crippen LogP contribution in [0.15, 0.2) is 11.8 Å². The lowest BCUT2D eigenvalue weighted by atomic mass is 9.94. The van der Waals surface area contributed by atoms with Gasteiger partial charge >= 0.3 is 5.97 Å². The number of hydrogen-bond acceptors (Lipinski definition) is 3. The third kappa shape index (κ3) is 3.65. The third-order valence-corrected chi connectivity index (χ3v) is 1.22. The van der Waals surface area contributed by atoms with Crippen molar-refractivity contribution in [3.8, 4) is 0 Å². The molecule has 1 N–H and O–H groups in total.